The zero-order valence-corrected chi connectivity index (χ0v) is 13.2. The summed E-state index contributed by atoms with van der Waals surface area (Å²) in [5.41, 5.74) is 1.49. The molecule has 0 fully saturated rings. The average Bonchev–Trinajstić information content (AvgIpc) is 2.55. The van der Waals surface area contributed by atoms with Crippen LogP contribution in [0.25, 0.3) is 0 Å². The SMILES string of the molecule is COc1ccccc1CN(CCO)CC(O)c1cccc(F)c1. The van der Waals surface area contributed by atoms with E-state index in [0.29, 0.717) is 25.2 Å². The summed E-state index contributed by atoms with van der Waals surface area (Å²) in [7, 11) is 1.61. The van der Waals surface area contributed by atoms with Gasteiger partial charge in [-0.3, -0.25) is 4.90 Å². The van der Waals surface area contributed by atoms with Crippen LogP contribution >= 0.6 is 0 Å². The van der Waals surface area contributed by atoms with Gasteiger partial charge in [-0.05, 0) is 23.8 Å². The van der Waals surface area contributed by atoms with E-state index in [1.807, 2.05) is 29.2 Å². The molecule has 2 rings (SSSR count). The molecule has 23 heavy (non-hydrogen) atoms. The zero-order valence-electron chi connectivity index (χ0n) is 13.2. The number of aliphatic hydroxyl groups is 2. The molecule has 2 aromatic rings. The molecule has 5 heteroatoms. The number of aliphatic hydroxyl groups excluding tert-OH is 2. The van der Waals surface area contributed by atoms with E-state index in [9.17, 15) is 14.6 Å². The van der Waals surface area contributed by atoms with Crippen molar-refractivity contribution in [3.05, 3.63) is 65.5 Å². The molecule has 0 saturated heterocycles. The molecule has 0 radical (unpaired) electrons. The minimum atomic E-state index is -0.827. The van der Waals surface area contributed by atoms with Crippen LogP contribution in [-0.2, 0) is 6.54 Å². The number of nitrogens with zero attached hydrogens (tertiary/aromatic N) is 1. The van der Waals surface area contributed by atoms with E-state index in [4.69, 9.17) is 4.74 Å². The van der Waals surface area contributed by atoms with E-state index in [1.165, 1.54) is 12.1 Å². The van der Waals surface area contributed by atoms with Gasteiger partial charge >= 0.3 is 0 Å². The van der Waals surface area contributed by atoms with Gasteiger partial charge in [0.2, 0.25) is 0 Å². The normalized spacial score (nSPS) is 12.4. The first-order valence-electron chi connectivity index (χ1n) is 7.52. The van der Waals surface area contributed by atoms with E-state index < -0.39 is 6.10 Å². The molecule has 0 aromatic heterocycles. The van der Waals surface area contributed by atoms with Gasteiger partial charge in [-0.15, -0.1) is 0 Å². The largest absolute Gasteiger partial charge is 0.496 e. The second kappa shape index (κ2) is 8.62. The summed E-state index contributed by atoms with van der Waals surface area (Å²) in [6.45, 7) is 1.20. The van der Waals surface area contributed by atoms with Crippen LogP contribution in [-0.4, -0.2) is 41.9 Å². The maximum atomic E-state index is 13.3. The van der Waals surface area contributed by atoms with Crippen LogP contribution in [0.3, 0.4) is 0 Å². The molecular formula is C18H22FNO3. The Morgan fingerprint density at radius 1 is 1.17 bits per heavy atom. The van der Waals surface area contributed by atoms with Gasteiger partial charge in [-0.2, -0.15) is 0 Å². The Kier molecular flexibility index (Phi) is 6.52. The fourth-order valence-electron chi connectivity index (χ4n) is 2.51. The fraction of sp³-hybridized carbons (Fsp3) is 0.333. The van der Waals surface area contributed by atoms with Crippen LogP contribution in [0.2, 0.25) is 0 Å². The highest BCUT2D eigenvalue weighted by Crippen LogP contribution is 2.21. The molecule has 2 N–H and O–H groups in total. The average molecular weight is 319 g/mol. The lowest BCUT2D eigenvalue weighted by atomic mass is 10.1. The number of benzene rings is 2. The highest BCUT2D eigenvalue weighted by molar-refractivity contribution is 5.33. The zero-order chi connectivity index (χ0) is 16.7. The molecule has 0 aliphatic carbocycles. The van der Waals surface area contributed by atoms with Gasteiger partial charge in [0.15, 0.2) is 0 Å². The minimum absolute atomic E-state index is 0.0228. The summed E-state index contributed by atoms with van der Waals surface area (Å²) in [6.07, 6.45) is -0.827. The van der Waals surface area contributed by atoms with Crippen LogP contribution in [0.4, 0.5) is 4.39 Å². The monoisotopic (exact) mass is 319 g/mol. The Bertz CT molecular complexity index is 621. The van der Waals surface area contributed by atoms with Gasteiger partial charge in [0.1, 0.15) is 11.6 Å². The summed E-state index contributed by atoms with van der Waals surface area (Å²) in [5.74, 6) is 0.385. The van der Waals surface area contributed by atoms with Crippen molar-refractivity contribution < 1.29 is 19.3 Å². The number of hydrogen-bond acceptors (Lipinski definition) is 4. The van der Waals surface area contributed by atoms with Crippen molar-refractivity contribution >= 4 is 0 Å². The van der Waals surface area contributed by atoms with Gasteiger partial charge in [0.05, 0.1) is 19.8 Å². The summed E-state index contributed by atoms with van der Waals surface area (Å²) in [5, 5.41) is 19.6. The molecule has 0 aliphatic rings. The van der Waals surface area contributed by atoms with E-state index >= 15 is 0 Å². The third kappa shape index (κ3) is 5.03. The van der Waals surface area contributed by atoms with Gasteiger partial charge < -0.3 is 14.9 Å². The Morgan fingerprint density at radius 3 is 2.65 bits per heavy atom. The Hall–Kier alpha value is -1.95. The molecule has 1 atom stereocenters. The molecule has 0 heterocycles. The molecule has 4 nitrogen and oxygen atoms in total. The Labute approximate surface area is 135 Å². The highest BCUT2D eigenvalue weighted by atomic mass is 19.1. The predicted octanol–water partition coefficient (Wildman–Crippen LogP) is 2.36. The van der Waals surface area contributed by atoms with Crippen LogP contribution in [0.15, 0.2) is 48.5 Å². The van der Waals surface area contributed by atoms with Crippen molar-refractivity contribution in [2.24, 2.45) is 0 Å². The number of ether oxygens (including phenoxy) is 1. The molecule has 0 saturated carbocycles. The van der Waals surface area contributed by atoms with E-state index in [0.717, 1.165) is 11.3 Å². The maximum Gasteiger partial charge on any atom is 0.123 e. The number of hydrogen-bond donors (Lipinski definition) is 2. The summed E-state index contributed by atoms with van der Waals surface area (Å²) < 4.78 is 18.6. The third-order valence-corrected chi connectivity index (χ3v) is 3.67. The second-order valence-corrected chi connectivity index (χ2v) is 5.34. The van der Waals surface area contributed by atoms with E-state index in [-0.39, 0.29) is 12.4 Å². The van der Waals surface area contributed by atoms with Crippen molar-refractivity contribution in [2.75, 3.05) is 26.8 Å². The van der Waals surface area contributed by atoms with Crippen LogP contribution in [0, 0.1) is 5.82 Å². The molecule has 0 aliphatic heterocycles. The number of rotatable bonds is 8. The third-order valence-electron chi connectivity index (χ3n) is 3.67. The van der Waals surface area contributed by atoms with Crippen molar-refractivity contribution in [3.8, 4) is 5.75 Å². The van der Waals surface area contributed by atoms with Gasteiger partial charge in [0.25, 0.3) is 0 Å². The standard InChI is InChI=1S/C18H22FNO3/c1-23-18-8-3-2-5-15(18)12-20(9-10-21)13-17(22)14-6-4-7-16(19)11-14/h2-8,11,17,21-22H,9-10,12-13H2,1H3. The summed E-state index contributed by atoms with van der Waals surface area (Å²) >= 11 is 0. The lowest BCUT2D eigenvalue weighted by Crippen LogP contribution is -2.31. The lowest BCUT2D eigenvalue weighted by Gasteiger charge is -2.25. The predicted molar refractivity (Wildman–Crippen MR) is 86.7 cm³/mol. The van der Waals surface area contributed by atoms with Crippen molar-refractivity contribution in [3.63, 3.8) is 0 Å². The first-order valence-corrected chi connectivity index (χ1v) is 7.52. The first-order chi connectivity index (χ1) is 11.1. The fourth-order valence-corrected chi connectivity index (χ4v) is 2.51. The Morgan fingerprint density at radius 2 is 1.96 bits per heavy atom. The van der Waals surface area contributed by atoms with E-state index in [2.05, 4.69) is 0 Å². The highest BCUT2D eigenvalue weighted by Gasteiger charge is 2.15. The molecule has 1 unspecified atom stereocenters. The molecule has 0 bridgehead atoms. The quantitative estimate of drug-likeness (QED) is 0.784. The van der Waals surface area contributed by atoms with Crippen LogP contribution in [0.5, 0.6) is 5.75 Å². The number of methoxy groups -OCH3 is 1. The van der Waals surface area contributed by atoms with E-state index in [1.54, 1.807) is 19.2 Å². The van der Waals surface area contributed by atoms with Gasteiger partial charge in [-0.25, -0.2) is 4.39 Å². The Balaban J connectivity index is 2.09. The van der Waals surface area contributed by atoms with Crippen LogP contribution in [0.1, 0.15) is 17.2 Å². The molecule has 124 valence electrons. The van der Waals surface area contributed by atoms with Crippen molar-refractivity contribution in [1.82, 2.24) is 4.90 Å². The van der Waals surface area contributed by atoms with Crippen molar-refractivity contribution in [1.29, 1.82) is 0 Å². The maximum absolute atomic E-state index is 13.3. The smallest absolute Gasteiger partial charge is 0.123 e. The summed E-state index contributed by atoms with van der Waals surface area (Å²) in [4.78, 5) is 1.91. The molecular weight excluding hydrogens is 297 g/mol. The van der Waals surface area contributed by atoms with Gasteiger partial charge in [0, 0.05) is 25.2 Å². The minimum Gasteiger partial charge on any atom is -0.496 e. The molecule has 2 aromatic carbocycles. The van der Waals surface area contributed by atoms with Gasteiger partial charge in [-0.1, -0.05) is 30.3 Å². The molecule has 0 spiro atoms. The first kappa shape index (κ1) is 17.4. The number of halogens is 1. The second-order valence-electron chi connectivity index (χ2n) is 5.34. The van der Waals surface area contributed by atoms with Crippen molar-refractivity contribution in [2.45, 2.75) is 12.6 Å². The lowest BCUT2D eigenvalue weighted by molar-refractivity contribution is 0.0949. The topological polar surface area (TPSA) is 52.9 Å². The number of para-hydroxylation sites is 1. The summed E-state index contributed by atoms with van der Waals surface area (Å²) in [6, 6.07) is 13.5. The molecule has 0 amide bonds. The van der Waals surface area contributed by atoms with Crippen LogP contribution < -0.4 is 4.74 Å².